The molecule has 0 saturated carbocycles. The van der Waals surface area contributed by atoms with Gasteiger partial charge in [0.05, 0.1) is 5.69 Å². The number of aliphatic imine (C=N–C) groups is 1. The summed E-state index contributed by atoms with van der Waals surface area (Å²) in [5.74, 6) is 1.39. The van der Waals surface area contributed by atoms with Crippen LogP contribution in [0.15, 0.2) is 29.3 Å². The van der Waals surface area contributed by atoms with Gasteiger partial charge in [-0.3, -0.25) is 4.99 Å². The van der Waals surface area contributed by atoms with Crippen molar-refractivity contribution >= 4 is 11.4 Å². The van der Waals surface area contributed by atoms with Crippen LogP contribution in [0.4, 0.5) is 5.69 Å². The van der Waals surface area contributed by atoms with Gasteiger partial charge in [0.2, 0.25) is 0 Å². The predicted octanol–water partition coefficient (Wildman–Crippen LogP) is 5.12. The Morgan fingerprint density at radius 3 is 2.11 bits per heavy atom. The molecule has 0 amide bonds. The first-order valence-electron chi connectivity index (χ1n) is 7.11. The highest BCUT2D eigenvalue weighted by Gasteiger charge is 2.41. The maximum absolute atomic E-state index is 4.83. The summed E-state index contributed by atoms with van der Waals surface area (Å²) in [6.45, 7) is 11.5. The quantitative estimate of drug-likeness (QED) is 0.695. The first-order chi connectivity index (χ1) is 8.45. The van der Waals surface area contributed by atoms with Crippen molar-refractivity contribution in [3.8, 4) is 0 Å². The summed E-state index contributed by atoms with van der Waals surface area (Å²) >= 11 is 0. The second kappa shape index (κ2) is 4.87. The number of hydrogen-bond acceptors (Lipinski definition) is 1. The zero-order chi connectivity index (χ0) is 13.3. The molecule has 0 spiro atoms. The Bertz CT molecular complexity index is 444. The van der Waals surface area contributed by atoms with Crippen molar-refractivity contribution in [3.63, 3.8) is 0 Å². The van der Waals surface area contributed by atoms with E-state index in [2.05, 4.69) is 58.9 Å². The lowest BCUT2D eigenvalue weighted by Gasteiger charge is -2.34. The molecule has 0 fully saturated rings. The highest BCUT2D eigenvalue weighted by atomic mass is 14.8. The smallest absolute Gasteiger partial charge is 0.0670 e. The van der Waals surface area contributed by atoms with E-state index >= 15 is 0 Å². The number of nitrogens with zero attached hydrogens (tertiary/aromatic N) is 1. The minimum atomic E-state index is 0.179. The Morgan fingerprint density at radius 2 is 1.56 bits per heavy atom. The summed E-state index contributed by atoms with van der Waals surface area (Å²) in [6, 6.07) is 8.68. The number of hydrogen-bond donors (Lipinski definition) is 0. The van der Waals surface area contributed by atoms with Crippen molar-refractivity contribution in [2.75, 3.05) is 0 Å². The molecule has 0 unspecified atom stereocenters. The third-order valence-electron chi connectivity index (χ3n) is 3.91. The maximum atomic E-state index is 4.83. The monoisotopic (exact) mass is 243 g/mol. The van der Waals surface area contributed by atoms with E-state index < -0.39 is 0 Å². The molecule has 2 rings (SSSR count). The van der Waals surface area contributed by atoms with Crippen LogP contribution in [0.5, 0.6) is 0 Å². The van der Waals surface area contributed by atoms with E-state index in [0.29, 0.717) is 11.8 Å². The van der Waals surface area contributed by atoms with Crippen LogP contribution in [0.1, 0.15) is 53.0 Å². The van der Waals surface area contributed by atoms with Gasteiger partial charge < -0.3 is 0 Å². The van der Waals surface area contributed by atoms with Gasteiger partial charge in [0.1, 0.15) is 0 Å². The van der Waals surface area contributed by atoms with E-state index in [0.717, 1.165) is 0 Å². The largest absolute Gasteiger partial charge is 0.257 e. The minimum Gasteiger partial charge on any atom is -0.257 e. The zero-order valence-electron chi connectivity index (χ0n) is 12.3. The first kappa shape index (κ1) is 13.3. The van der Waals surface area contributed by atoms with Gasteiger partial charge in [0.15, 0.2) is 0 Å². The van der Waals surface area contributed by atoms with Crippen molar-refractivity contribution < 1.29 is 0 Å². The Balaban J connectivity index is 2.49. The first-order valence-corrected chi connectivity index (χ1v) is 7.11. The van der Waals surface area contributed by atoms with Crippen molar-refractivity contribution in [2.24, 2.45) is 16.8 Å². The molecular formula is C17H25N. The summed E-state index contributed by atoms with van der Waals surface area (Å²) in [6.07, 6.45) is 2.41. The van der Waals surface area contributed by atoms with Crippen LogP contribution in [0.3, 0.4) is 0 Å². The predicted molar refractivity (Wildman–Crippen MR) is 79.8 cm³/mol. The fourth-order valence-electron chi connectivity index (χ4n) is 3.45. The fourth-order valence-corrected chi connectivity index (χ4v) is 3.45. The minimum absolute atomic E-state index is 0.179. The highest BCUT2D eigenvalue weighted by Crippen LogP contribution is 2.47. The zero-order valence-corrected chi connectivity index (χ0v) is 12.3. The Kier molecular flexibility index (Phi) is 3.61. The standard InChI is InChI=1S/C17H25N/c1-12(2)10-17(11-13(3)4)14(5)18-16-9-7-6-8-15(16)17/h6-9,12-13H,10-11H2,1-5H3. The molecule has 0 saturated heterocycles. The van der Waals surface area contributed by atoms with Crippen LogP contribution in [0.25, 0.3) is 0 Å². The molecule has 0 aliphatic carbocycles. The molecule has 18 heavy (non-hydrogen) atoms. The van der Waals surface area contributed by atoms with Gasteiger partial charge in [0.25, 0.3) is 0 Å². The molecule has 1 heteroatoms. The molecule has 0 radical (unpaired) electrons. The number of benzene rings is 1. The topological polar surface area (TPSA) is 12.4 Å². The van der Waals surface area contributed by atoms with Crippen LogP contribution in [0, 0.1) is 11.8 Å². The van der Waals surface area contributed by atoms with E-state index in [1.807, 2.05) is 0 Å². The normalized spacial score (nSPS) is 17.2. The van der Waals surface area contributed by atoms with E-state index in [-0.39, 0.29) is 5.41 Å². The third-order valence-corrected chi connectivity index (χ3v) is 3.91. The lowest BCUT2D eigenvalue weighted by atomic mass is 9.68. The molecule has 1 aromatic carbocycles. The average Bonchev–Trinajstić information content (AvgIpc) is 2.51. The van der Waals surface area contributed by atoms with Crippen molar-refractivity contribution in [2.45, 2.75) is 52.9 Å². The van der Waals surface area contributed by atoms with Crippen molar-refractivity contribution in [1.29, 1.82) is 0 Å². The molecule has 0 bridgehead atoms. The Hall–Kier alpha value is -1.11. The van der Waals surface area contributed by atoms with Crippen LogP contribution < -0.4 is 0 Å². The fraction of sp³-hybridized carbons (Fsp3) is 0.588. The molecule has 1 nitrogen and oxygen atoms in total. The second-order valence-electron chi connectivity index (χ2n) is 6.49. The second-order valence-corrected chi connectivity index (χ2v) is 6.49. The molecule has 1 aliphatic rings. The average molecular weight is 243 g/mol. The van der Waals surface area contributed by atoms with Gasteiger partial charge in [-0.25, -0.2) is 0 Å². The number of para-hydroxylation sites is 1. The van der Waals surface area contributed by atoms with E-state index in [4.69, 9.17) is 4.99 Å². The van der Waals surface area contributed by atoms with Crippen LogP contribution in [0.2, 0.25) is 0 Å². The van der Waals surface area contributed by atoms with Crippen LogP contribution >= 0.6 is 0 Å². The Labute approximate surface area is 111 Å². The summed E-state index contributed by atoms with van der Waals surface area (Å²) < 4.78 is 0. The molecule has 0 N–H and O–H groups in total. The molecular weight excluding hydrogens is 218 g/mol. The van der Waals surface area contributed by atoms with Crippen molar-refractivity contribution in [1.82, 2.24) is 0 Å². The van der Waals surface area contributed by atoms with E-state index in [9.17, 15) is 0 Å². The maximum Gasteiger partial charge on any atom is 0.0670 e. The molecule has 1 heterocycles. The van der Waals surface area contributed by atoms with Gasteiger partial charge >= 0.3 is 0 Å². The van der Waals surface area contributed by atoms with E-state index in [1.165, 1.54) is 29.8 Å². The molecule has 0 aromatic heterocycles. The molecule has 0 atom stereocenters. The van der Waals surface area contributed by atoms with Gasteiger partial charge in [-0.15, -0.1) is 0 Å². The summed E-state index contributed by atoms with van der Waals surface area (Å²) in [5.41, 5.74) is 4.13. The Morgan fingerprint density at radius 1 is 1.00 bits per heavy atom. The van der Waals surface area contributed by atoms with Crippen LogP contribution in [-0.4, -0.2) is 5.71 Å². The van der Waals surface area contributed by atoms with Gasteiger partial charge in [0, 0.05) is 11.1 Å². The molecule has 1 aromatic rings. The van der Waals surface area contributed by atoms with E-state index in [1.54, 1.807) is 0 Å². The summed E-state index contributed by atoms with van der Waals surface area (Å²) in [5, 5.41) is 0. The van der Waals surface area contributed by atoms with Gasteiger partial charge in [-0.2, -0.15) is 0 Å². The summed E-state index contributed by atoms with van der Waals surface area (Å²) in [7, 11) is 0. The number of fused-ring (bicyclic) bond motifs is 1. The van der Waals surface area contributed by atoms with Crippen LogP contribution in [-0.2, 0) is 5.41 Å². The lowest BCUT2D eigenvalue weighted by Crippen LogP contribution is -2.34. The third kappa shape index (κ3) is 2.23. The van der Waals surface area contributed by atoms with Gasteiger partial charge in [-0.1, -0.05) is 45.9 Å². The SMILES string of the molecule is CC1=Nc2ccccc2C1(CC(C)C)CC(C)C. The lowest BCUT2D eigenvalue weighted by molar-refractivity contribution is 0.367. The van der Waals surface area contributed by atoms with Crippen molar-refractivity contribution in [3.05, 3.63) is 29.8 Å². The highest BCUT2D eigenvalue weighted by molar-refractivity contribution is 6.00. The molecule has 1 aliphatic heterocycles. The molecule has 98 valence electrons. The number of rotatable bonds is 4. The summed E-state index contributed by atoms with van der Waals surface area (Å²) in [4.78, 5) is 4.83. The van der Waals surface area contributed by atoms with Gasteiger partial charge in [-0.05, 0) is 43.2 Å².